The number of ketones is 1. The molecule has 35 heavy (non-hydrogen) atoms. The third kappa shape index (κ3) is 6.42. The molecule has 1 saturated heterocycles. The number of hydrogen-bond acceptors (Lipinski definition) is 6. The van der Waals surface area contributed by atoms with Crippen LogP contribution < -0.4 is 9.47 Å². The number of Topliss-reactive ketones (excluding diaryl/α,β-unsaturated/α-hetero) is 1. The van der Waals surface area contributed by atoms with E-state index in [4.69, 9.17) is 14.2 Å². The number of hydrogen-bond donors (Lipinski definition) is 1. The second kappa shape index (κ2) is 13.0. The number of methoxy groups -OCH3 is 1. The molecule has 1 amide bonds. The molecule has 1 aliphatic heterocycles. The Balaban J connectivity index is 1.99. The maximum atomic E-state index is 13.1. The summed E-state index contributed by atoms with van der Waals surface area (Å²) in [6.45, 7) is 5.86. The number of aliphatic hydroxyl groups excluding tert-OH is 1. The minimum absolute atomic E-state index is 0.0523. The minimum atomic E-state index is -0.737. The van der Waals surface area contributed by atoms with Gasteiger partial charge in [-0.25, -0.2) is 0 Å². The Hall–Kier alpha value is -3.32. The molecular weight excluding hydrogens is 446 g/mol. The van der Waals surface area contributed by atoms with Gasteiger partial charge in [0.25, 0.3) is 11.7 Å². The van der Waals surface area contributed by atoms with E-state index in [2.05, 4.69) is 13.8 Å². The summed E-state index contributed by atoms with van der Waals surface area (Å²) in [6.07, 6.45) is 3.92. The first-order valence-corrected chi connectivity index (χ1v) is 12.2. The molecule has 0 bridgehead atoms. The summed E-state index contributed by atoms with van der Waals surface area (Å²) in [6, 6.07) is 13.5. The van der Waals surface area contributed by atoms with Crippen molar-refractivity contribution in [2.75, 3.05) is 33.5 Å². The van der Waals surface area contributed by atoms with E-state index in [9.17, 15) is 14.7 Å². The van der Waals surface area contributed by atoms with Gasteiger partial charge in [0.15, 0.2) is 0 Å². The highest BCUT2D eigenvalue weighted by molar-refractivity contribution is 6.46. The van der Waals surface area contributed by atoms with Crippen molar-refractivity contribution in [3.63, 3.8) is 0 Å². The molecule has 1 atom stereocenters. The van der Waals surface area contributed by atoms with E-state index in [0.29, 0.717) is 35.8 Å². The van der Waals surface area contributed by atoms with Crippen molar-refractivity contribution in [1.82, 2.24) is 4.90 Å². The maximum absolute atomic E-state index is 13.1. The predicted molar refractivity (Wildman–Crippen MR) is 135 cm³/mol. The summed E-state index contributed by atoms with van der Waals surface area (Å²) in [4.78, 5) is 27.5. The molecule has 1 heterocycles. The number of likely N-dealkylation sites (tertiary alicyclic amines) is 1. The first kappa shape index (κ1) is 26.3. The van der Waals surface area contributed by atoms with Crippen molar-refractivity contribution >= 4 is 17.4 Å². The Morgan fingerprint density at radius 3 is 2.20 bits per heavy atom. The standard InChI is InChI=1S/C28H35NO6/c1-4-6-16-34-22-13-11-20(12-14-22)25-24(27(31)28(32)29(25)15-18-33-3)26(30)21-9-8-10-23(19-21)35-17-7-5-2/h8-14,19,25,30H,4-7,15-18H2,1-3H3/b26-24+. The van der Waals surface area contributed by atoms with E-state index < -0.39 is 17.7 Å². The van der Waals surface area contributed by atoms with E-state index in [1.807, 2.05) is 24.3 Å². The summed E-state index contributed by atoms with van der Waals surface area (Å²) in [5, 5.41) is 11.2. The zero-order valence-electron chi connectivity index (χ0n) is 20.8. The van der Waals surface area contributed by atoms with Crippen molar-refractivity contribution in [2.24, 2.45) is 0 Å². The van der Waals surface area contributed by atoms with Crippen LogP contribution in [0.5, 0.6) is 11.5 Å². The van der Waals surface area contributed by atoms with E-state index in [1.54, 1.807) is 24.3 Å². The van der Waals surface area contributed by atoms with Crippen LogP contribution in [0, 0.1) is 0 Å². The zero-order valence-corrected chi connectivity index (χ0v) is 20.8. The highest BCUT2D eigenvalue weighted by Crippen LogP contribution is 2.40. The van der Waals surface area contributed by atoms with Gasteiger partial charge in [-0.1, -0.05) is 51.0 Å². The van der Waals surface area contributed by atoms with Crippen LogP contribution >= 0.6 is 0 Å². The molecular formula is C28H35NO6. The lowest BCUT2D eigenvalue weighted by molar-refractivity contribution is -0.140. The van der Waals surface area contributed by atoms with Crippen LogP contribution in [0.2, 0.25) is 0 Å². The molecule has 2 aromatic rings. The van der Waals surface area contributed by atoms with Gasteiger partial charge in [-0.2, -0.15) is 0 Å². The number of benzene rings is 2. The molecule has 1 aliphatic rings. The fraction of sp³-hybridized carbons (Fsp3) is 0.429. The lowest BCUT2D eigenvalue weighted by atomic mass is 9.95. The molecule has 0 aliphatic carbocycles. The molecule has 1 N–H and O–H groups in total. The van der Waals surface area contributed by atoms with Crippen molar-refractivity contribution in [3.8, 4) is 11.5 Å². The summed E-state index contributed by atoms with van der Waals surface area (Å²) in [5.41, 5.74) is 1.18. The van der Waals surface area contributed by atoms with Crippen molar-refractivity contribution in [2.45, 2.75) is 45.6 Å². The van der Waals surface area contributed by atoms with Gasteiger partial charge in [0.1, 0.15) is 17.3 Å². The smallest absolute Gasteiger partial charge is 0.295 e. The van der Waals surface area contributed by atoms with Crippen LogP contribution in [-0.4, -0.2) is 55.2 Å². The minimum Gasteiger partial charge on any atom is -0.507 e. The SMILES string of the molecule is CCCCOc1ccc(C2/C(=C(\O)c3cccc(OCCCC)c3)C(=O)C(=O)N2CCOC)cc1. The topological polar surface area (TPSA) is 85.3 Å². The molecule has 1 unspecified atom stereocenters. The Bertz CT molecular complexity index is 1030. The number of carbonyl (C=O) groups excluding carboxylic acids is 2. The van der Waals surface area contributed by atoms with E-state index in [-0.39, 0.29) is 24.5 Å². The number of carbonyl (C=O) groups is 2. The van der Waals surface area contributed by atoms with Crippen LogP contribution in [-0.2, 0) is 14.3 Å². The molecule has 3 rings (SSSR count). The van der Waals surface area contributed by atoms with Gasteiger partial charge in [-0.15, -0.1) is 0 Å². The largest absolute Gasteiger partial charge is 0.507 e. The van der Waals surface area contributed by atoms with Gasteiger partial charge >= 0.3 is 0 Å². The van der Waals surface area contributed by atoms with Crippen molar-refractivity contribution < 1.29 is 28.9 Å². The Labute approximate surface area is 207 Å². The van der Waals surface area contributed by atoms with Gasteiger partial charge < -0.3 is 24.2 Å². The third-order valence-electron chi connectivity index (χ3n) is 5.91. The quantitative estimate of drug-likeness (QED) is 0.185. The number of ether oxygens (including phenoxy) is 3. The van der Waals surface area contributed by atoms with Gasteiger partial charge in [0.05, 0.1) is 31.4 Å². The molecule has 1 fully saturated rings. The molecule has 0 saturated carbocycles. The van der Waals surface area contributed by atoms with Gasteiger partial charge in [-0.05, 0) is 42.7 Å². The fourth-order valence-electron chi connectivity index (χ4n) is 3.95. The Kier molecular flexibility index (Phi) is 9.73. The summed E-state index contributed by atoms with van der Waals surface area (Å²) < 4.78 is 16.7. The van der Waals surface area contributed by atoms with Crippen LogP contribution in [0.3, 0.4) is 0 Å². The zero-order chi connectivity index (χ0) is 25.2. The molecule has 0 aromatic heterocycles. The normalized spacial score (nSPS) is 17.1. The Morgan fingerprint density at radius 1 is 0.914 bits per heavy atom. The van der Waals surface area contributed by atoms with E-state index in [0.717, 1.165) is 25.7 Å². The summed E-state index contributed by atoms with van der Waals surface area (Å²) >= 11 is 0. The molecule has 188 valence electrons. The first-order chi connectivity index (χ1) is 17.0. The average molecular weight is 482 g/mol. The van der Waals surface area contributed by atoms with Gasteiger partial charge in [-0.3, -0.25) is 9.59 Å². The van der Waals surface area contributed by atoms with Gasteiger partial charge in [0, 0.05) is 19.2 Å². The second-order valence-electron chi connectivity index (χ2n) is 8.49. The number of aliphatic hydroxyl groups is 1. The lowest BCUT2D eigenvalue weighted by Gasteiger charge is -2.25. The Morgan fingerprint density at radius 2 is 1.57 bits per heavy atom. The first-order valence-electron chi connectivity index (χ1n) is 12.2. The van der Waals surface area contributed by atoms with E-state index in [1.165, 1.54) is 12.0 Å². The molecule has 0 radical (unpaired) electrons. The molecule has 0 spiro atoms. The number of amides is 1. The van der Waals surface area contributed by atoms with Crippen molar-refractivity contribution in [1.29, 1.82) is 0 Å². The lowest BCUT2D eigenvalue weighted by Crippen LogP contribution is -2.32. The van der Waals surface area contributed by atoms with Crippen molar-refractivity contribution in [3.05, 3.63) is 65.2 Å². The predicted octanol–water partition coefficient (Wildman–Crippen LogP) is 5.11. The summed E-state index contributed by atoms with van der Waals surface area (Å²) in [7, 11) is 1.54. The highest BCUT2D eigenvalue weighted by atomic mass is 16.5. The molecule has 2 aromatic carbocycles. The third-order valence-corrected chi connectivity index (χ3v) is 5.91. The van der Waals surface area contributed by atoms with E-state index >= 15 is 0 Å². The van der Waals surface area contributed by atoms with Gasteiger partial charge in [0.2, 0.25) is 0 Å². The van der Waals surface area contributed by atoms with Crippen LogP contribution in [0.4, 0.5) is 0 Å². The van der Waals surface area contributed by atoms with Crippen LogP contribution in [0.25, 0.3) is 5.76 Å². The second-order valence-corrected chi connectivity index (χ2v) is 8.49. The van der Waals surface area contributed by atoms with Crippen LogP contribution in [0.15, 0.2) is 54.1 Å². The highest BCUT2D eigenvalue weighted by Gasteiger charge is 2.45. The maximum Gasteiger partial charge on any atom is 0.295 e. The number of nitrogens with zero attached hydrogens (tertiary/aromatic N) is 1. The molecule has 7 heteroatoms. The fourth-order valence-corrected chi connectivity index (χ4v) is 3.95. The van der Waals surface area contributed by atoms with Crippen LogP contribution in [0.1, 0.15) is 56.7 Å². The summed E-state index contributed by atoms with van der Waals surface area (Å²) in [5.74, 6) is -0.289. The average Bonchev–Trinajstić information content (AvgIpc) is 3.13. The number of rotatable bonds is 13. The molecule has 7 nitrogen and oxygen atoms in total. The monoisotopic (exact) mass is 481 g/mol. The number of unbranched alkanes of at least 4 members (excludes halogenated alkanes) is 2.